The molecule has 5 heteroatoms. The van der Waals surface area contributed by atoms with Crippen molar-refractivity contribution in [1.82, 2.24) is 5.43 Å². The van der Waals surface area contributed by atoms with Crippen LogP contribution in [0.15, 0.2) is 53.6 Å². The van der Waals surface area contributed by atoms with E-state index in [-0.39, 0.29) is 11.7 Å². The van der Waals surface area contributed by atoms with Crippen molar-refractivity contribution in [3.05, 3.63) is 63.2 Å². The van der Waals surface area contributed by atoms with E-state index in [0.29, 0.717) is 11.1 Å². The van der Waals surface area contributed by atoms with Gasteiger partial charge in [-0.3, -0.25) is 4.79 Å². The maximum absolute atomic E-state index is 11.7. The third kappa shape index (κ3) is 4.06. The number of hydrazone groups is 1. The summed E-state index contributed by atoms with van der Waals surface area (Å²) in [6.45, 7) is 0. The first-order chi connectivity index (χ1) is 9.15. The zero-order valence-electron chi connectivity index (χ0n) is 9.88. The Hall–Kier alpha value is -1.89. The van der Waals surface area contributed by atoms with Crippen molar-refractivity contribution in [3.63, 3.8) is 0 Å². The smallest absolute Gasteiger partial charge is 0.271 e. The highest BCUT2D eigenvalue weighted by atomic mass is 127. The zero-order chi connectivity index (χ0) is 13.7. The normalized spacial score (nSPS) is 10.6. The number of hydrogen-bond acceptors (Lipinski definition) is 3. The lowest BCUT2D eigenvalue weighted by molar-refractivity contribution is 0.0955. The Bertz CT molecular complexity index is 609. The van der Waals surface area contributed by atoms with E-state index >= 15 is 0 Å². The van der Waals surface area contributed by atoms with Crippen LogP contribution >= 0.6 is 22.6 Å². The van der Waals surface area contributed by atoms with Gasteiger partial charge in [-0.2, -0.15) is 5.10 Å². The second kappa shape index (κ2) is 6.33. The molecule has 2 aromatic rings. The molecule has 0 atom stereocenters. The Kier molecular flexibility index (Phi) is 4.51. The van der Waals surface area contributed by atoms with Crippen LogP contribution in [0.4, 0.5) is 0 Å². The van der Waals surface area contributed by atoms with Gasteiger partial charge in [-0.05, 0) is 64.6 Å². The van der Waals surface area contributed by atoms with Crippen LogP contribution in [-0.4, -0.2) is 17.2 Å². The lowest BCUT2D eigenvalue weighted by atomic mass is 10.2. The molecule has 0 radical (unpaired) electrons. The molecule has 19 heavy (non-hydrogen) atoms. The monoisotopic (exact) mass is 366 g/mol. The molecule has 0 aliphatic rings. The van der Waals surface area contributed by atoms with Crippen LogP contribution < -0.4 is 5.43 Å². The summed E-state index contributed by atoms with van der Waals surface area (Å²) in [6.07, 6.45) is 1.48. The summed E-state index contributed by atoms with van der Waals surface area (Å²) in [5, 5.41) is 13.1. The molecule has 0 fully saturated rings. The number of rotatable bonds is 3. The van der Waals surface area contributed by atoms with Crippen LogP contribution in [0, 0.1) is 3.57 Å². The number of amides is 1. The van der Waals surface area contributed by atoms with Crippen molar-refractivity contribution in [2.75, 3.05) is 0 Å². The summed E-state index contributed by atoms with van der Waals surface area (Å²) in [4.78, 5) is 11.7. The maximum atomic E-state index is 11.7. The fraction of sp³-hybridized carbons (Fsp3) is 0. The lowest BCUT2D eigenvalue weighted by Crippen LogP contribution is -2.17. The average molecular weight is 366 g/mol. The van der Waals surface area contributed by atoms with E-state index in [2.05, 4.69) is 33.1 Å². The van der Waals surface area contributed by atoms with Gasteiger partial charge in [0.05, 0.1) is 6.21 Å². The molecular weight excluding hydrogens is 355 g/mol. The Morgan fingerprint density at radius 2 is 1.95 bits per heavy atom. The molecule has 0 saturated carbocycles. The first kappa shape index (κ1) is 13.5. The molecule has 0 saturated heterocycles. The minimum Gasteiger partial charge on any atom is -0.508 e. The standard InChI is InChI=1S/C14H11IN2O2/c15-12-6-4-11(5-7-12)14(19)17-16-9-10-2-1-3-13(18)8-10/h1-9,18H,(H,17,19)/b16-9-. The minimum atomic E-state index is -0.271. The summed E-state index contributed by atoms with van der Waals surface area (Å²) in [5.41, 5.74) is 3.69. The van der Waals surface area contributed by atoms with E-state index in [1.165, 1.54) is 6.21 Å². The summed E-state index contributed by atoms with van der Waals surface area (Å²) >= 11 is 2.17. The summed E-state index contributed by atoms with van der Waals surface area (Å²) in [7, 11) is 0. The zero-order valence-corrected chi connectivity index (χ0v) is 12.0. The van der Waals surface area contributed by atoms with E-state index < -0.39 is 0 Å². The minimum absolute atomic E-state index is 0.160. The van der Waals surface area contributed by atoms with Gasteiger partial charge in [0.15, 0.2) is 0 Å². The maximum Gasteiger partial charge on any atom is 0.271 e. The molecule has 0 aliphatic heterocycles. The fourth-order valence-electron chi connectivity index (χ4n) is 1.44. The molecule has 2 N–H and O–H groups in total. The van der Waals surface area contributed by atoms with Gasteiger partial charge in [-0.25, -0.2) is 5.43 Å². The molecular formula is C14H11IN2O2. The summed E-state index contributed by atoms with van der Waals surface area (Å²) in [6, 6.07) is 13.8. The third-order valence-corrected chi connectivity index (χ3v) is 3.08. The predicted octanol–water partition coefficient (Wildman–Crippen LogP) is 2.76. The van der Waals surface area contributed by atoms with Crippen molar-refractivity contribution >= 4 is 34.7 Å². The second-order valence-corrected chi connectivity index (χ2v) is 5.05. The van der Waals surface area contributed by atoms with Crippen molar-refractivity contribution in [2.24, 2.45) is 5.10 Å². The number of hydrogen-bond donors (Lipinski definition) is 2. The number of phenols is 1. The Morgan fingerprint density at radius 3 is 2.63 bits per heavy atom. The Labute approximate surface area is 124 Å². The van der Waals surface area contributed by atoms with Crippen molar-refractivity contribution in [1.29, 1.82) is 0 Å². The SMILES string of the molecule is O=C(N/N=C\c1cccc(O)c1)c1ccc(I)cc1. The quantitative estimate of drug-likeness (QED) is 0.499. The van der Waals surface area contributed by atoms with E-state index in [0.717, 1.165) is 3.57 Å². The number of benzene rings is 2. The van der Waals surface area contributed by atoms with Crippen molar-refractivity contribution in [2.45, 2.75) is 0 Å². The van der Waals surface area contributed by atoms with Gasteiger partial charge >= 0.3 is 0 Å². The second-order valence-electron chi connectivity index (χ2n) is 3.80. The molecule has 0 bridgehead atoms. The Morgan fingerprint density at radius 1 is 1.21 bits per heavy atom. The van der Waals surface area contributed by atoms with Gasteiger partial charge in [-0.1, -0.05) is 12.1 Å². The summed E-state index contributed by atoms with van der Waals surface area (Å²) in [5.74, 6) is -0.110. The van der Waals surface area contributed by atoms with Gasteiger partial charge in [0.2, 0.25) is 0 Å². The van der Waals surface area contributed by atoms with Gasteiger partial charge < -0.3 is 5.11 Å². The van der Waals surface area contributed by atoms with Crippen LogP contribution in [-0.2, 0) is 0 Å². The predicted molar refractivity (Wildman–Crippen MR) is 82.3 cm³/mol. The van der Waals surface area contributed by atoms with Gasteiger partial charge in [0.25, 0.3) is 5.91 Å². The molecule has 0 spiro atoms. The average Bonchev–Trinajstić information content (AvgIpc) is 2.39. The highest BCUT2D eigenvalue weighted by molar-refractivity contribution is 14.1. The van der Waals surface area contributed by atoms with Crippen LogP contribution in [0.5, 0.6) is 5.75 Å². The topological polar surface area (TPSA) is 61.7 Å². The molecule has 0 aromatic heterocycles. The first-order valence-corrected chi connectivity index (χ1v) is 6.61. The van der Waals surface area contributed by atoms with Crippen molar-refractivity contribution in [3.8, 4) is 5.75 Å². The number of aromatic hydroxyl groups is 1. The molecule has 1 amide bonds. The molecule has 0 unspecified atom stereocenters. The number of phenolic OH excluding ortho intramolecular Hbond substituents is 1. The van der Waals surface area contributed by atoms with Crippen LogP contribution in [0.2, 0.25) is 0 Å². The number of carbonyl (C=O) groups is 1. The number of nitrogens with zero attached hydrogens (tertiary/aromatic N) is 1. The first-order valence-electron chi connectivity index (χ1n) is 5.53. The lowest BCUT2D eigenvalue weighted by Gasteiger charge is -2.00. The molecule has 2 rings (SSSR count). The largest absolute Gasteiger partial charge is 0.508 e. The molecule has 4 nitrogen and oxygen atoms in total. The van der Waals surface area contributed by atoms with Crippen molar-refractivity contribution < 1.29 is 9.90 Å². The van der Waals surface area contributed by atoms with Gasteiger partial charge in [0.1, 0.15) is 5.75 Å². The highest BCUT2D eigenvalue weighted by Crippen LogP contribution is 2.09. The number of carbonyl (C=O) groups excluding carboxylic acids is 1. The van der Waals surface area contributed by atoms with E-state index in [4.69, 9.17) is 0 Å². The Balaban J connectivity index is 1.98. The summed E-state index contributed by atoms with van der Waals surface area (Å²) < 4.78 is 1.07. The van der Waals surface area contributed by atoms with Crippen LogP contribution in [0.1, 0.15) is 15.9 Å². The van der Waals surface area contributed by atoms with Gasteiger partial charge in [-0.15, -0.1) is 0 Å². The van der Waals surface area contributed by atoms with E-state index in [1.807, 2.05) is 12.1 Å². The molecule has 2 aromatic carbocycles. The molecule has 96 valence electrons. The van der Waals surface area contributed by atoms with Crippen LogP contribution in [0.25, 0.3) is 0 Å². The third-order valence-electron chi connectivity index (χ3n) is 2.36. The van der Waals surface area contributed by atoms with Gasteiger partial charge in [0, 0.05) is 9.13 Å². The van der Waals surface area contributed by atoms with E-state index in [9.17, 15) is 9.90 Å². The fourth-order valence-corrected chi connectivity index (χ4v) is 1.80. The molecule has 0 aliphatic carbocycles. The van der Waals surface area contributed by atoms with Crippen LogP contribution in [0.3, 0.4) is 0 Å². The molecule has 0 heterocycles. The highest BCUT2D eigenvalue weighted by Gasteiger charge is 2.02. The number of halogens is 1. The van der Waals surface area contributed by atoms with E-state index in [1.54, 1.807) is 36.4 Å². The number of nitrogens with one attached hydrogen (secondary N) is 1.